The molecule has 6 rings (SSSR count). The Bertz CT molecular complexity index is 1570. The summed E-state index contributed by atoms with van der Waals surface area (Å²) in [6.07, 6.45) is 5.15. The van der Waals surface area contributed by atoms with Crippen LogP contribution in [-0.4, -0.2) is 6.94 Å². The third-order valence-corrected chi connectivity index (χ3v) is 33.9. The number of halogens is 2. The molecule has 2 atom stereocenters. The molecular formula is C34H40Cl2HfSi. The molecule has 0 N–H and O–H groups in total. The second kappa shape index (κ2) is 10.2. The van der Waals surface area contributed by atoms with Gasteiger partial charge < -0.3 is 0 Å². The molecule has 198 valence electrons. The zero-order chi connectivity index (χ0) is 25.4. The summed E-state index contributed by atoms with van der Waals surface area (Å²) in [6, 6.07) is 27.7. The average Bonchev–Trinajstić information content (AvgIpc) is 3.45. The van der Waals surface area contributed by atoms with Crippen molar-refractivity contribution in [3.8, 4) is 0 Å². The number of benzene rings is 4. The Morgan fingerprint density at radius 2 is 0.947 bits per heavy atom. The molecule has 4 heteroatoms. The molecule has 0 spiro atoms. The van der Waals surface area contributed by atoms with E-state index in [1.54, 1.807) is 22.3 Å². The maximum atomic E-state index is 2.80. The Morgan fingerprint density at radius 1 is 0.579 bits per heavy atom. The molecule has 4 aromatic carbocycles. The topological polar surface area (TPSA) is 0 Å². The van der Waals surface area contributed by atoms with Gasteiger partial charge in [0.15, 0.2) is 0 Å². The zero-order valence-electron chi connectivity index (χ0n) is 23.4. The van der Waals surface area contributed by atoms with Crippen LogP contribution in [0.25, 0.3) is 33.7 Å². The van der Waals surface area contributed by atoms with Crippen molar-refractivity contribution in [1.29, 1.82) is 0 Å². The van der Waals surface area contributed by atoms with Crippen molar-refractivity contribution in [3.05, 3.63) is 106 Å². The van der Waals surface area contributed by atoms with Crippen LogP contribution in [-0.2, 0) is 17.1 Å². The number of fused-ring (bicyclic) bond motifs is 6. The SMILES string of the molecule is CC(C)C1=Cc2ccc3ccccc3c2[CH]1[Hf]([CH3])([CH3])(=[SiH2])[CH]1C(C(C)C)=Cc2ccc3ccccc3c21.Cl.Cl. The van der Waals surface area contributed by atoms with Crippen molar-refractivity contribution in [2.45, 2.75) is 44.4 Å². The van der Waals surface area contributed by atoms with Crippen molar-refractivity contribution in [3.63, 3.8) is 0 Å². The van der Waals surface area contributed by atoms with Crippen LogP contribution < -0.4 is 0 Å². The molecule has 0 heterocycles. The first-order chi connectivity index (χ1) is 17.1. The predicted molar refractivity (Wildman–Crippen MR) is 174 cm³/mol. The van der Waals surface area contributed by atoms with E-state index in [-0.39, 0.29) is 24.8 Å². The Morgan fingerprint density at radius 3 is 1.32 bits per heavy atom. The third kappa shape index (κ3) is 4.35. The molecule has 2 unspecified atom stereocenters. The summed E-state index contributed by atoms with van der Waals surface area (Å²) in [5.41, 5.74) is 9.54. The molecule has 2 aliphatic rings. The van der Waals surface area contributed by atoms with Gasteiger partial charge in [-0.25, -0.2) is 0 Å². The minimum absolute atomic E-state index is 0. The van der Waals surface area contributed by atoms with E-state index in [4.69, 9.17) is 0 Å². The molecular weight excluding hydrogens is 686 g/mol. The Labute approximate surface area is 243 Å². The van der Waals surface area contributed by atoms with Gasteiger partial charge in [-0.05, 0) is 0 Å². The summed E-state index contributed by atoms with van der Waals surface area (Å²) in [7, 11) is 0. The van der Waals surface area contributed by atoms with Crippen LogP contribution in [0.3, 0.4) is 0 Å². The fourth-order valence-corrected chi connectivity index (χ4v) is 36.0. The molecule has 0 radical (unpaired) electrons. The van der Waals surface area contributed by atoms with Gasteiger partial charge >= 0.3 is 220 Å². The Hall–Kier alpha value is -1.45. The molecule has 0 saturated carbocycles. The Balaban J connectivity index is 0.00000168. The molecule has 0 saturated heterocycles. The second-order valence-electron chi connectivity index (χ2n) is 13.0. The standard InChI is InChI=1S/2C16H15.2CH3.2ClH.Hf.H2Si/c2*1-11(2)14-9-13-8-7-12-5-3-4-6-15(12)16(13)10-14;;;;;;/h2*3-11H,1-2H3;2*1H3;2*1H;;1H2. The third-order valence-electron chi connectivity index (χ3n) is 9.13. The quantitative estimate of drug-likeness (QED) is 0.184. The van der Waals surface area contributed by atoms with E-state index in [0.29, 0.717) is 19.2 Å². The summed E-state index contributed by atoms with van der Waals surface area (Å²) in [6.45, 7) is 12.2. The fraction of sp³-hybridized carbons (Fsp3) is 0.294. The molecule has 0 aliphatic heterocycles. The first-order valence-electron chi connectivity index (χ1n) is 13.6. The van der Waals surface area contributed by atoms with E-state index in [0.717, 1.165) is 0 Å². The van der Waals surface area contributed by atoms with Crippen LogP contribution in [0, 0.1) is 11.8 Å². The van der Waals surface area contributed by atoms with E-state index in [2.05, 4.69) is 129 Å². The van der Waals surface area contributed by atoms with Gasteiger partial charge in [0.2, 0.25) is 0 Å². The van der Waals surface area contributed by atoms with Crippen molar-refractivity contribution in [1.82, 2.24) is 0 Å². The average molecular weight is 726 g/mol. The molecule has 0 fully saturated rings. The molecule has 0 aromatic heterocycles. The van der Waals surface area contributed by atoms with Crippen LogP contribution in [0.15, 0.2) is 83.9 Å². The predicted octanol–water partition coefficient (Wildman–Crippen LogP) is 10.1. The zero-order valence-corrected chi connectivity index (χ0v) is 30.1. The summed E-state index contributed by atoms with van der Waals surface area (Å²) in [5, 5.41) is 5.70. The van der Waals surface area contributed by atoms with Gasteiger partial charge in [0.05, 0.1) is 0 Å². The molecule has 4 aromatic rings. The van der Waals surface area contributed by atoms with Gasteiger partial charge in [-0.1, -0.05) is 0 Å². The summed E-state index contributed by atoms with van der Waals surface area (Å²) < 4.78 is 6.70. The van der Waals surface area contributed by atoms with Gasteiger partial charge in [-0.2, -0.15) is 0 Å². The van der Waals surface area contributed by atoms with Gasteiger partial charge in [-0.3, -0.25) is 0 Å². The number of hydrogen-bond acceptors (Lipinski definition) is 0. The minimum atomic E-state index is -3.80. The van der Waals surface area contributed by atoms with Gasteiger partial charge in [-0.15, -0.1) is 24.8 Å². The van der Waals surface area contributed by atoms with Crippen LogP contribution in [0.2, 0.25) is 9.36 Å². The van der Waals surface area contributed by atoms with E-state index in [9.17, 15) is 0 Å². The molecule has 0 nitrogen and oxygen atoms in total. The smallest absolute Gasteiger partial charge is 0.147 e. The first-order valence-corrected chi connectivity index (χ1v) is 33.3. The van der Waals surface area contributed by atoms with Crippen LogP contribution in [0.1, 0.15) is 57.3 Å². The normalized spacial score (nSPS) is 18.7. The molecule has 2 aliphatic carbocycles. The number of allylic oxidation sites excluding steroid dienone is 2. The monoisotopic (exact) mass is 726 g/mol. The van der Waals surface area contributed by atoms with Crippen molar-refractivity contribution in [2.24, 2.45) is 11.8 Å². The number of rotatable bonds is 4. The summed E-state index contributed by atoms with van der Waals surface area (Å²) in [4.78, 5) is 0. The van der Waals surface area contributed by atoms with Gasteiger partial charge in [0, 0.05) is 0 Å². The van der Waals surface area contributed by atoms with Crippen LogP contribution >= 0.6 is 24.8 Å². The van der Waals surface area contributed by atoms with E-state index < -0.39 is 17.1 Å². The Kier molecular flexibility index (Phi) is 7.91. The van der Waals surface area contributed by atoms with E-state index in [1.807, 2.05) is 0 Å². The number of hydrogen-bond donors (Lipinski definition) is 0. The van der Waals surface area contributed by atoms with Crippen molar-refractivity contribution < 1.29 is 17.1 Å². The van der Waals surface area contributed by atoms with Crippen LogP contribution in [0.4, 0.5) is 0 Å². The van der Waals surface area contributed by atoms with Crippen LogP contribution in [0.5, 0.6) is 0 Å². The van der Waals surface area contributed by atoms with Crippen molar-refractivity contribution in [2.75, 3.05) is 0 Å². The van der Waals surface area contributed by atoms with Crippen molar-refractivity contribution >= 4 is 65.5 Å². The minimum Gasteiger partial charge on any atom is -0.147 e. The maximum absolute atomic E-state index is 3.80. The summed E-state index contributed by atoms with van der Waals surface area (Å²) >= 11 is -3.80. The van der Waals surface area contributed by atoms with Gasteiger partial charge in [0.25, 0.3) is 0 Å². The van der Waals surface area contributed by atoms with Gasteiger partial charge in [0.1, 0.15) is 0 Å². The summed E-state index contributed by atoms with van der Waals surface area (Å²) in [5.74, 6) is 1.09. The molecule has 0 amide bonds. The first kappa shape index (κ1) is 29.5. The van der Waals surface area contributed by atoms with E-state index in [1.165, 1.54) is 32.7 Å². The maximum Gasteiger partial charge on any atom is -0.147 e. The van der Waals surface area contributed by atoms with E-state index >= 15 is 0 Å². The second-order valence-corrected chi connectivity index (χ2v) is 56.5. The fourth-order valence-electron chi connectivity index (χ4n) is 7.59. The molecule has 38 heavy (non-hydrogen) atoms. The largest absolute Gasteiger partial charge is 0.147 e. The molecule has 0 bridgehead atoms.